The van der Waals surface area contributed by atoms with Gasteiger partial charge in [0.2, 0.25) is 0 Å². The fraction of sp³-hybridized carbons (Fsp3) is 0.647. The highest BCUT2D eigenvalue weighted by Crippen LogP contribution is 2.31. The lowest BCUT2D eigenvalue weighted by Crippen LogP contribution is -2.33. The molecule has 3 heteroatoms. The molecule has 0 bridgehead atoms. The number of halogens is 1. The summed E-state index contributed by atoms with van der Waals surface area (Å²) < 4.78 is 1.15. The van der Waals surface area contributed by atoms with Crippen LogP contribution in [0.1, 0.15) is 58.6 Å². The van der Waals surface area contributed by atoms with Crippen molar-refractivity contribution in [3.63, 3.8) is 0 Å². The first-order valence-corrected chi connectivity index (χ1v) is 8.53. The molecule has 0 saturated carbocycles. The first-order valence-electron chi connectivity index (χ1n) is 7.74. The van der Waals surface area contributed by atoms with Gasteiger partial charge in [0.25, 0.3) is 0 Å². The molecule has 0 aliphatic rings. The van der Waals surface area contributed by atoms with Crippen molar-refractivity contribution in [1.29, 1.82) is 0 Å². The second-order valence-electron chi connectivity index (χ2n) is 5.71. The topological polar surface area (TPSA) is 15.3 Å². The third-order valence-corrected chi connectivity index (χ3v) is 4.32. The van der Waals surface area contributed by atoms with Gasteiger partial charge in [0.05, 0.1) is 0 Å². The van der Waals surface area contributed by atoms with E-state index in [1.165, 1.54) is 30.5 Å². The zero-order chi connectivity index (χ0) is 15.1. The summed E-state index contributed by atoms with van der Waals surface area (Å²) in [6.07, 6.45) is 3.83. The zero-order valence-corrected chi connectivity index (χ0v) is 15.1. The van der Waals surface area contributed by atoms with E-state index in [2.05, 4.69) is 72.0 Å². The lowest BCUT2D eigenvalue weighted by atomic mass is 10.0. The summed E-state index contributed by atoms with van der Waals surface area (Å²) in [5.41, 5.74) is 2.73. The van der Waals surface area contributed by atoms with Crippen molar-refractivity contribution in [3.05, 3.63) is 28.2 Å². The largest absolute Gasteiger partial charge is 0.369 e. The predicted octanol–water partition coefficient (Wildman–Crippen LogP) is 5.13. The van der Waals surface area contributed by atoms with Crippen LogP contribution in [0.15, 0.2) is 22.7 Å². The Kier molecular flexibility index (Phi) is 7.60. The van der Waals surface area contributed by atoms with Gasteiger partial charge in [-0.15, -0.1) is 0 Å². The summed E-state index contributed by atoms with van der Waals surface area (Å²) in [6, 6.07) is 7.52. The van der Waals surface area contributed by atoms with Crippen LogP contribution >= 0.6 is 15.9 Å². The second kappa shape index (κ2) is 8.68. The molecule has 0 radical (unpaired) electrons. The van der Waals surface area contributed by atoms with E-state index in [0.29, 0.717) is 12.1 Å². The number of nitrogens with one attached hydrogen (secondary N) is 1. The van der Waals surface area contributed by atoms with Crippen LogP contribution in [0.2, 0.25) is 0 Å². The highest BCUT2D eigenvalue weighted by molar-refractivity contribution is 9.10. The first kappa shape index (κ1) is 17.5. The van der Waals surface area contributed by atoms with Crippen molar-refractivity contribution in [1.82, 2.24) is 5.32 Å². The van der Waals surface area contributed by atoms with Gasteiger partial charge in [0, 0.05) is 28.8 Å². The van der Waals surface area contributed by atoms with E-state index in [-0.39, 0.29) is 0 Å². The average Bonchev–Trinajstić information content (AvgIpc) is 2.43. The Morgan fingerprint density at radius 2 is 1.90 bits per heavy atom. The van der Waals surface area contributed by atoms with Crippen LogP contribution < -0.4 is 10.2 Å². The lowest BCUT2D eigenvalue weighted by molar-refractivity contribution is 0.608. The van der Waals surface area contributed by atoms with E-state index in [0.717, 1.165) is 11.0 Å². The maximum atomic E-state index is 3.60. The number of hydrogen-bond acceptors (Lipinski definition) is 2. The molecule has 0 amide bonds. The molecule has 20 heavy (non-hydrogen) atoms. The molecule has 1 aromatic carbocycles. The molecule has 0 heterocycles. The van der Waals surface area contributed by atoms with Crippen molar-refractivity contribution in [3.8, 4) is 0 Å². The van der Waals surface area contributed by atoms with Crippen LogP contribution in [-0.2, 0) is 0 Å². The average molecular weight is 341 g/mol. The molecule has 0 aliphatic heterocycles. The van der Waals surface area contributed by atoms with E-state index in [1.54, 1.807) is 0 Å². The molecule has 1 atom stereocenters. The molecule has 1 unspecified atom stereocenters. The first-order chi connectivity index (χ1) is 9.51. The third kappa shape index (κ3) is 4.78. The van der Waals surface area contributed by atoms with Gasteiger partial charge in [-0.2, -0.15) is 0 Å². The van der Waals surface area contributed by atoms with Crippen molar-refractivity contribution >= 4 is 21.6 Å². The summed E-state index contributed by atoms with van der Waals surface area (Å²) >= 11 is 3.60. The lowest BCUT2D eigenvalue weighted by Gasteiger charge is -2.32. The monoisotopic (exact) mass is 340 g/mol. The Morgan fingerprint density at radius 3 is 2.45 bits per heavy atom. The standard InChI is InChI=1S/C17H29BrN2/c1-6-7-8-11-20(13(2)3)17-10-9-15(18)12-16(17)14(4)19-5/h9-10,12-14,19H,6-8,11H2,1-5H3. The van der Waals surface area contributed by atoms with Gasteiger partial charge in [-0.25, -0.2) is 0 Å². The van der Waals surface area contributed by atoms with Gasteiger partial charge < -0.3 is 10.2 Å². The number of nitrogens with zero attached hydrogens (tertiary/aromatic N) is 1. The van der Waals surface area contributed by atoms with Gasteiger partial charge in [-0.05, 0) is 58.0 Å². The number of benzene rings is 1. The predicted molar refractivity (Wildman–Crippen MR) is 93.6 cm³/mol. The van der Waals surface area contributed by atoms with Gasteiger partial charge in [-0.1, -0.05) is 35.7 Å². The molecule has 2 nitrogen and oxygen atoms in total. The van der Waals surface area contributed by atoms with Gasteiger partial charge >= 0.3 is 0 Å². The van der Waals surface area contributed by atoms with Crippen LogP contribution in [0.5, 0.6) is 0 Å². The zero-order valence-electron chi connectivity index (χ0n) is 13.5. The fourth-order valence-electron chi connectivity index (χ4n) is 2.48. The molecule has 0 aromatic heterocycles. The molecular weight excluding hydrogens is 312 g/mol. The summed E-state index contributed by atoms with van der Waals surface area (Å²) in [6.45, 7) is 10.2. The molecule has 0 saturated heterocycles. The minimum Gasteiger partial charge on any atom is -0.369 e. The van der Waals surface area contributed by atoms with Crippen LogP contribution in [0.4, 0.5) is 5.69 Å². The maximum absolute atomic E-state index is 3.60. The summed E-state index contributed by atoms with van der Waals surface area (Å²) in [5.74, 6) is 0. The van der Waals surface area contributed by atoms with Crippen molar-refractivity contribution in [2.45, 2.75) is 59.0 Å². The minimum absolute atomic E-state index is 0.356. The van der Waals surface area contributed by atoms with E-state index in [1.807, 2.05) is 7.05 Å². The highest BCUT2D eigenvalue weighted by atomic mass is 79.9. The van der Waals surface area contributed by atoms with E-state index >= 15 is 0 Å². The minimum atomic E-state index is 0.356. The summed E-state index contributed by atoms with van der Waals surface area (Å²) in [5, 5.41) is 3.36. The van der Waals surface area contributed by atoms with E-state index in [4.69, 9.17) is 0 Å². The summed E-state index contributed by atoms with van der Waals surface area (Å²) in [4.78, 5) is 2.53. The second-order valence-corrected chi connectivity index (χ2v) is 6.62. The molecule has 1 N–H and O–H groups in total. The Balaban J connectivity index is 3.05. The number of rotatable bonds is 8. The SMILES string of the molecule is CCCCCN(c1ccc(Br)cc1C(C)NC)C(C)C. The molecule has 114 valence electrons. The number of anilines is 1. The molecule has 0 aliphatic carbocycles. The fourth-order valence-corrected chi connectivity index (χ4v) is 2.86. The molecular formula is C17H29BrN2. The number of unbranched alkanes of at least 4 members (excludes halogenated alkanes) is 2. The summed E-state index contributed by atoms with van der Waals surface area (Å²) in [7, 11) is 2.02. The molecule has 1 aromatic rings. The quantitative estimate of drug-likeness (QED) is 0.659. The van der Waals surface area contributed by atoms with Crippen LogP contribution in [-0.4, -0.2) is 19.6 Å². The Labute approximate surface area is 133 Å². The molecule has 0 fully saturated rings. The smallest absolute Gasteiger partial charge is 0.0417 e. The van der Waals surface area contributed by atoms with E-state index in [9.17, 15) is 0 Å². The Hall–Kier alpha value is -0.540. The van der Waals surface area contributed by atoms with Gasteiger partial charge in [-0.3, -0.25) is 0 Å². The van der Waals surface area contributed by atoms with Crippen LogP contribution in [0.25, 0.3) is 0 Å². The Bertz CT molecular complexity index is 404. The van der Waals surface area contributed by atoms with Gasteiger partial charge in [0.1, 0.15) is 0 Å². The Morgan fingerprint density at radius 1 is 1.20 bits per heavy atom. The third-order valence-electron chi connectivity index (χ3n) is 3.82. The maximum Gasteiger partial charge on any atom is 0.0417 e. The number of hydrogen-bond donors (Lipinski definition) is 1. The van der Waals surface area contributed by atoms with Crippen molar-refractivity contribution in [2.75, 3.05) is 18.5 Å². The van der Waals surface area contributed by atoms with Crippen LogP contribution in [0.3, 0.4) is 0 Å². The molecule has 0 spiro atoms. The van der Waals surface area contributed by atoms with Crippen LogP contribution in [0, 0.1) is 0 Å². The highest BCUT2D eigenvalue weighted by Gasteiger charge is 2.17. The van der Waals surface area contributed by atoms with Crippen molar-refractivity contribution < 1.29 is 0 Å². The van der Waals surface area contributed by atoms with Gasteiger partial charge in [0.15, 0.2) is 0 Å². The van der Waals surface area contributed by atoms with Crippen molar-refractivity contribution in [2.24, 2.45) is 0 Å². The molecule has 1 rings (SSSR count). The van der Waals surface area contributed by atoms with E-state index < -0.39 is 0 Å². The normalized spacial score (nSPS) is 12.8.